The molecule has 2 aromatic heterocycles. The van der Waals surface area contributed by atoms with Crippen LogP contribution >= 0.6 is 24.0 Å². The standard InChI is InChI=1S/C20H26N8.HI/c1-21-20(28-7-6-16(13-28)8-17-11-25-27(2)12-17)22-10-15-4-3-5-18(9-15)19-23-14-24-26-19;/h3-5,9,11-12,14,16H,6-8,10,13H2,1-2H3,(H,21,22)(H,23,24,26);1H. The molecule has 0 saturated carbocycles. The quantitative estimate of drug-likeness (QED) is 0.316. The molecule has 8 nitrogen and oxygen atoms in total. The lowest BCUT2D eigenvalue weighted by Gasteiger charge is -2.22. The number of rotatable bonds is 5. The van der Waals surface area contributed by atoms with E-state index < -0.39 is 0 Å². The zero-order chi connectivity index (χ0) is 19.3. The molecule has 1 aromatic carbocycles. The van der Waals surface area contributed by atoms with E-state index in [0.717, 1.165) is 43.4 Å². The molecule has 1 unspecified atom stereocenters. The summed E-state index contributed by atoms with van der Waals surface area (Å²) in [5, 5.41) is 14.6. The van der Waals surface area contributed by atoms with Crippen LogP contribution in [0.5, 0.6) is 0 Å². The normalized spacial score (nSPS) is 16.7. The number of hydrogen-bond donors (Lipinski definition) is 2. The van der Waals surface area contributed by atoms with Crippen LogP contribution in [0.2, 0.25) is 0 Å². The van der Waals surface area contributed by atoms with Crippen LogP contribution in [0, 0.1) is 5.92 Å². The summed E-state index contributed by atoms with van der Waals surface area (Å²) < 4.78 is 1.87. The third kappa shape index (κ3) is 5.34. The molecule has 29 heavy (non-hydrogen) atoms. The highest BCUT2D eigenvalue weighted by Gasteiger charge is 2.25. The van der Waals surface area contributed by atoms with Crippen molar-refractivity contribution in [1.82, 2.24) is 35.2 Å². The number of benzene rings is 1. The number of nitrogens with one attached hydrogen (secondary N) is 2. The summed E-state index contributed by atoms with van der Waals surface area (Å²) in [5.41, 5.74) is 3.52. The molecule has 1 atom stereocenters. The van der Waals surface area contributed by atoms with Gasteiger partial charge in [-0.25, -0.2) is 4.98 Å². The summed E-state index contributed by atoms with van der Waals surface area (Å²) >= 11 is 0. The Balaban J connectivity index is 0.00000240. The monoisotopic (exact) mass is 506 g/mol. The van der Waals surface area contributed by atoms with Crippen molar-refractivity contribution in [3.05, 3.63) is 54.1 Å². The Morgan fingerprint density at radius 1 is 1.34 bits per heavy atom. The fourth-order valence-electron chi connectivity index (χ4n) is 3.79. The Bertz CT molecular complexity index is 934. The first-order chi connectivity index (χ1) is 13.7. The van der Waals surface area contributed by atoms with Crippen LogP contribution in [-0.2, 0) is 20.0 Å². The molecule has 0 bridgehead atoms. The topological polar surface area (TPSA) is 87.0 Å². The molecule has 0 spiro atoms. The minimum atomic E-state index is 0. The van der Waals surface area contributed by atoms with Gasteiger partial charge in [-0.15, -0.1) is 24.0 Å². The van der Waals surface area contributed by atoms with Gasteiger partial charge in [-0.2, -0.15) is 10.2 Å². The molecule has 1 saturated heterocycles. The number of halogens is 1. The van der Waals surface area contributed by atoms with E-state index >= 15 is 0 Å². The SMILES string of the molecule is CN=C(NCc1cccc(-c2ncn[nH]2)c1)N1CCC(Cc2cnn(C)c2)C1.I. The van der Waals surface area contributed by atoms with Crippen LogP contribution in [0.1, 0.15) is 17.5 Å². The van der Waals surface area contributed by atoms with E-state index in [4.69, 9.17) is 0 Å². The van der Waals surface area contributed by atoms with Crippen LogP contribution in [0.3, 0.4) is 0 Å². The molecular weight excluding hydrogens is 479 g/mol. The van der Waals surface area contributed by atoms with E-state index in [1.54, 1.807) is 0 Å². The molecule has 3 aromatic rings. The number of aromatic nitrogens is 5. The fraction of sp³-hybridized carbons (Fsp3) is 0.400. The Kier molecular flexibility index (Phi) is 7.24. The Morgan fingerprint density at radius 2 is 2.24 bits per heavy atom. The molecule has 0 aliphatic carbocycles. The van der Waals surface area contributed by atoms with Crippen LogP contribution in [0.4, 0.5) is 0 Å². The predicted molar refractivity (Wildman–Crippen MR) is 124 cm³/mol. The van der Waals surface area contributed by atoms with Crippen molar-refractivity contribution in [2.45, 2.75) is 19.4 Å². The first-order valence-corrected chi connectivity index (χ1v) is 9.59. The van der Waals surface area contributed by atoms with Crippen molar-refractivity contribution in [2.24, 2.45) is 18.0 Å². The van der Waals surface area contributed by atoms with Crippen molar-refractivity contribution in [1.29, 1.82) is 0 Å². The van der Waals surface area contributed by atoms with Crippen molar-refractivity contribution < 1.29 is 0 Å². The van der Waals surface area contributed by atoms with Gasteiger partial charge in [0, 0.05) is 45.5 Å². The highest BCUT2D eigenvalue weighted by molar-refractivity contribution is 14.0. The number of hydrogen-bond acceptors (Lipinski definition) is 4. The first-order valence-electron chi connectivity index (χ1n) is 9.59. The third-order valence-corrected chi connectivity index (χ3v) is 5.15. The highest BCUT2D eigenvalue weighted by Crippen LogP contribution is 2.21. The molecule has 2 N–H and O–H groups in total. The predicted octanol–water partition coefficient (Wildman–Crippen LogP) is 2.46. The Hall–Kier alpha value is -2.43. The molecule has 1 aliphatic heterocycles. The number of likely N-dealkylation sites (tertiary alicyclic amines) is 1. The molecule has 4 rings (SSSR count). The molecular formula is C20H27IN8. The average molecular weight is 506 g/mol. The van der Waals surface area contributed by atoms with Crippen molar-refractivity contribution in [3.8, 4) is 11.4 Å². The minimum Gasteiger partial charge on any atom is -0.352 e. The van der Waals surface area contributed by atoms with E-state index in [-0.39, 0.29) is 24.0 Å². The average Bonchev–Trinajstić information content (AvgIpc) is 3.46. The van der Waals surface area contributed by atoms with Gasteiger partial charge in [0.15, 0.2) is 11.8 Å². The maximum atomic E-state index is 4.49. The van der Waals surface area contributed by atoms with Crippen LogP contribution in [0.25, 0.3) is 11.4 Å². The number of aliphatic imine (C=N–C) groups is 1. The second-order valence-corrected chi connectivity index (χ2v) is 7.26. The minimum absolute atomic E-state index is 0. The molecule has 1 aliphatic rings. The van der Waals surface area contributed by atoms with Crippen LogP contribution in [0.15, 0.2) is 48.0 Å². The van der Waals surface area contributed by atoms with Gasteiger partial charge in [-0.1, -0.05) is 18.2 Å². The third-order valence-electron chi connectivity index (χ3n) is 5.15. The van der Waals surface area contributed by atoms with Gasteiger partial charge in [-0.05, 0) is 36.0 Å². The van der Waals surface area contributed by atoms with Gasteiger partial charge in [0.2, 0.25) is 0 Å². The van der Waals surface area contributed by atoms with Crippen LogP contribution < -0.4 is 5.32 Å². The van der Waals surface area contributed by atoms with Gasteiger partial charge in [0.25, 0.3) is 0 Å². The summed E-state index contributed by atoms with van der Waals surface area (Å²) in [6.45, 7) is 2.77. The number of aryl methyl sites for hydroxylation is 1. The molecule has 3 heterocycles. The van der Waals surface area contributed by atoms with Gasteiger partial charge in [0.05, 0.1) is 6.20 Å². The summed E-state index contributed by atoms with van der Waals surface area (Å²) in [7, 11) is 3.81. The van der Waals surface area contributed by atoms with Gasteiger partial charge >= 0.3 is 0 Å². The summed E-state index contributed by atoms with van der Waals surface area (Å²) in [4.78, 5) is 11.1. The molecule has 154 valence electrons. The number of H-pyrrole nitrogens is 1. The van der Waals surface area contributed by atoms with E-state index in [1.807, 2.05) is 37.1 Å². The maximum Gasteiger partial charge on any atom is 0.193 e. The van der Waals surface area contributed by atoms with Gasteiger partial charge in [0.1, 0.15) is 6.33 Å². The largest absolute Gasteiger partial charge is 0.352 e. The second kappa shape index (κ2) is 9.86. The lowest BCUT2D eigenvalue weighted by molar-refractivity contribution is 0.460. The molecule has 9 heteroatoms. The highest BCUT2D eigenvalue weighted by atomic mass is 127. The number of aromatic amines is 1. The van der Waals surface area contributed by atoms with E-state index in [1.165, 1.54) is 23.9 Å². The van der Waals surface area contributed by atoms with Crippen molar-refractivity contribution in [2.75, 3.05) is 20.1 Å². The lowest BCUT2D eigenvalue weighted by atomic mass is 10.0. The second-order valence-electron chi connectivity index (χ2n) is 7.26. The summed E-state index contributed by atoms with van der Waals surface area (Å²) in [6.07, 6.45) is 7.85. The smallest absolute Gasteiger partial charge is 0.193 e. The maximum absolute atomic E-state index is 4.49. The summed E-state index contributed by atoms with van der Waals surface area (Å²) in [5.74, 6) is 2.38. The van der Waals surface area contributed by atoms with E-state index in [9.17, 15) is 0 Å². The Morgan fingerprint density at radius 3 is 2.97 bits per heavy atom. The zero-order valence-electron chi connectivity index (χ0n) is 16.7. The van der Waals surface area contributed by atoms with Crippen molar-refractivity contribution >= 4 is 29.9 Å². The lowest BCUT2D eigenvalue weighted by Crippen LogP contribution is -2.39. The molecule has 0 amide bonds. The number of nitrogens with zero attached hydrogens (tertiary/aromatic N) is 6. The van der Waals surface area contributed by atoms with E-state index in [2.05, 4.69) is 53.8 Å². The molecule has 1 fully saturated rings. The van der Waals surface area contributed by atoms with Crippen LogP contribution in [-0.4, -0.2) is 56.0 Å². The zero-order valence-corrected chi connectivity index (χ0v) is 19.1. The number of guanidine groups is 1. The van der Waals surface area contributed by atoms with Gasteiger partial charge < -0.3 is 10.2 Å². The van der Waals surface area contributed by atoms with Gasteiger partial charge in [-0.3, -0.25) is 14.8 Å². The van der Waals surface area contributed by atoms with Crippen molar-refractivity contribution in [3.63, 3.8) is 0 Å². The first kappa shape index (κ1) is 21.3. The Labute approximate surface area is 187 Å². The summed E-state index contributed by atoms with van der Waals surface area (Å²) in [6, 6.07) is 8.30. The van der Waals surface area contributed by atoms with E-state index in [0.29, 0.717) is 5.92 Å². The fourth-order valence-corrected chi connectivity index (χ4v) is 3.79. The molecule has 0 radical (unpaired) electrons.